The van der Waals surface area contributed by atoms with Crippen molar-refractivity contribution in [1.29, 1.82) is 0 Å². The SMILES string of the molecule is CCOC(=O)Cn1c(Cl)cnc(NCC(F)(F)c2ncccc2O)c1=O. The third kappa shape index (κ3) is 4.45. The summed E-state index contributed by atoms with van der Waals surface area (Å²) in [6, 6.07) is 2.38. The Labute approximate surface area is 151 Å². The minimum atomic E-state index is -3.58. The summed E-state index contributed by atoms with van der Waals surface area (Å²) < 4.78 is 34.0. The Morgan fingerprint density at radius 2 is 2.19 bits per heavy atom. The maximum atomic E-state index is 14.2. The predicted octanol–water partition coefficient (Wildman–Crippen LogP) is 1.76. The van der Waals surface area contributed by atoms with Crippen LogP contribution in [0.25, 0.3) is 0 Å². The fraction of sp³-hybridized carbons (Fsp3) is 0.333. The summed E-state index contributed by atoms with van der Waals surface area (Å²) in [6.07, 6.45) is 2.15. The van der Waals surface area contributed by atoms with Crippen LogP contribution in [-0.4, -0.2) is 38.8 Å². The number of ether oxygens (including phenoxy) is 1. The number of nitrogens with zero attached hydrogens (tertiary/aromatic N) is 3. The average Bonchev–Trinajstić information content (AvgIpc) is 2.58. The molecule has 0 saturated carbocycles. The summed E-state index contributed by atoms with van der Waals surface area (Å²) in [6.45, 7) is 0.166. The number of pyridine rings is 1. The van der Waals surface area contributed by atoms with Crippen LogP contribution in [0.3, 0.4) is 0 Å². The molecule has 2 aromatic heterocycles. The van der Waals surface area contributed by atoms with E-state index < -0.39 is 47.8 Å². The molecule has 0 saturated heterocycles. The van der Waals surface area contributed by atoms with Crippen molar-refractivity contribution < 1.29 is 23.4 Å². The number of nitrogens with one attached hydrogen (secondary N) is 1. The van der Waals surface area contributed by atoms with Crippen molar-refractivity contribution in [3.63, 3.8) is 0 Å². The van der Waals surface area contributed by atoms with Gasteiger partial charge in [-0.1, -0.05) is 11.6 Å². The molecule has 0 fully saturated rings. The van der Waals surface area contributed by atoms with Crippen molar-refractivity contribution >= 4 is 23.4 Å². The molecule has 2 rings (SSSR count). The smallest absolute Gasteiger partial charge is 0.326 e. The first-order chi connectivity index (χ1) is 12.3. The molecule has 0 aliphatic carbocycles. The van der Waals surface area contributed by atoms with Crippen LogP contribution in [0.1, 0.15) is 12.6 Å². The summed E-state index contributed by atoms with van der Waals surface area (Å²) in [5, 5.41) is 11.6. The molecular weight excluding hydrogens is 374 g/mol. The Balaban J connectivity index is 2.21. The van der Waals surface area contributed by atoms with E-state index in [2.05, 4.69) is 15.3 Å². The summed E-state index contributed by atoms with van der Waals surface area (Å²) in [4.78, 5) is 30.9. The fourth-order valence-corrected chi connectivity index (χ4v) is 2.21. The molecule has 11 heteroatoms. The molecule has 0 aromatic carbocycles. The Hall–Kier alpha value is -2.75. The van der Waals surface area contributed by atoms with E-state index in [0.717, 1.165) is 23.0 Å². The highest BCUT2D eigenvalue weighted by Gasteiger charge is 2.36. The van der Waals surface area contributed by atoms with Crippen LogP contribution in [0, 0.1) is 0 Å². The van der Waals surface area contributed by atoms with Crippen LogP contribution in [0.4, 0.5) is 14.6 Å². The quantitative estimate of drug-likeness (QED) is 0.696. The number of hydrogen-bond donors (Lipinski definition) is 2. The number of rotatable bonds is 7. The standard InChI is InChI=1S/C15H15ClF2N4O4/c1-2-26-11(24)7-22-10(16)6-20-13(14(22)25)21-8-15(17,18)12-9(23)4-3-5-19-12/h3-6,23H,2,7-8H2,1H3,(H,20,21). The molecule has 0 radical (unpaired) electrons. The van der Waals surface area contributed by atoms with Crippen LogP contribution in [0.5, 0.6) is 5.75 Å². The number of carbonyl (C=O) groups excluding carboxylic acids is 1. The van der Waals surface area contributed by atoms with E-state index in [1.54, 1.807) is 6.92 Å². The highest BCUT2D eigenvalue weighted by atomic mass is 35.5. The zero-order chi connectivity index (χ0) is 19.3. The third-order valence-corrected chi connectivity index (χ3v) is 3.51. The van der Waals surface area contributed by atoms with Crippen molar-refractivity contribution in [2.75, 3.05) is 18.5 Å². The van der Waals surface area contributed by atoms with Crippen molar-refractivity contribution in [1.82, 2.24) is 14.5 Å². The Kier molecular flexibility index (Phi) is 6.09. The van der Waals surface area contributed by atoms with E-state index in [1.807, 2.05) is 0 Å². The lowest BCUT2D eigenvalue weighted by Gasteiger charge is -2.18. The van der Waals surface area contributed by atoms with Crippen molar-refractivity contribution in [3.05, 3.63) is 45.7 Å². The number of aromatic hydroxyl groups is 1. The number of anilines is 1. The minimum absolute atomic E-state index is 0.112. The summed E-state index contributed by atoms with van der Waals surface area (Å²) in [5.41, 5.74) is -1.71. The van der Waals surface area contributed by atoms with Gasteiger partial charge in [0.05, 0.1) is 19.3 Å². The Morgan fingerprint density at radius 3 is 2.85 bits per heavy atom. The van der Waals surface area contributed by atoms with Crippen molar-refractivity contribution in [2.45, 2.75) is 19.4 Å². The van der Waals surface area contributed by atoms with Gasteiger partial charge in [0.15, 0.2) is 11.5 Å². The molecule has 26 heavy (non-hydrogen) atoms. The lowest BCUT2D eigenvalue weighted by molar-refractivity contribution is -0.143. The summed E-state index contributed by atoms with van der Waals surface area (Å²) in [7, 11) is 0. The first kappa shape index (κ1) is 19.6. The molecule has 0 bridgehead atoms. The number of esters is 1. The van der Waals surface area contributed by atoms with Gasteiger partial charge in [-0.25, -0.2) is 4.98 Å². The van der Waals surface area contributed by atoms with Crippen LogP contribution in [0.15, 0.2) is 29.3 Å². The van der Waals surface area contributed by atoms with Gasteiger partial charge < -0.3 is 15.2 Å². The molecule has 140 valence electrons. The second-order valence-corrected chi connectivity index (χ2v) is 5.44. The normalized spacial score (nSPS) is 11.2. The van der Waals surface area contributed by atoms with Gasteiger partial charge >= 0.3 is 11.9 Å². The number of alkyl halides is 2. The van der Waals surface area contributed by atoms with Gasteiger partial charge in [0, 0.05) is 6.20 Å². The zero-order valence-electron chi connectivity index (χ0n) is 13.6. The van der Waals surface area contributed by atoms with E-state index in [1.165, 1.54) is 6.07 Å². The molecule has 0 aliphatic heterocycles. The van der Waals surface area contributed by atoms with E-state index >= 15 is 0 Å². The van der Waals surface area contributed by atoms with E-state index in [0.29, 0.717) is 0 Å². The Bertz CT molecular complexity index is 860. The lowest BCUT2D eigenvalue weighted by Crippen LogP contribution is -2.32. The van der Waals surface area contributed by atoms with Gasteiger partial charge in [0.2, 0.25) is 0 Å². The molecule has 0 atom stereocenters. The van der Waals surface area contributed by atoms with Crippen LogP contribution in [0.2, 0.25) is 5.15 Å². The molecule has 0 spiro atoms. The molecule has 8 nitrogen and oxygen atoms in total. The largest absolute Gasteiger partial charge is 0.506 e. The van der Waals surface area contributed by atoms with Gasteiger partial charge in [0.1, 0.15) is 17.4 Å². The van der Waals surface area contributed by atoms with E-state index in [4.69, 9.17) is 16.3 Å². The summed E-state index contributed by atoms with van der Waals surface area (Å²) in [5.74, 6) is -5.40. The predicted molar refractivity (Wildman–Crippen MR) is 88.4 cm³/mol. The second-order valence-electron chi connectivity index (χ2n) is 5.05. The molecular formula is C15H15ClF2N4O4. The lowest BCUT2D eigenvalue weighted by atomic mass is 10.2. The van der Waals surface area contributed by atoms with E-state index in [9.17, 15) is 23.5 Å². The maximum Gasteiger partial charge on any atom is 0.326 e. The van der Waals surface area contributed by atoms with Crippen LogP contribution >= 0.6 is 11.6 Å². The fourth-order valence-electron chi connectivity index (χ4n) is 2.03. The molecule has 2 aromatic rings. The van der Waals surface area contributed by atoms with Crippen LogP contribution < -0.4 is 10.9 Å². The van der Waals surface area contributed by atoms with Crippen molar-refractivity contribution in [3.8, 4) is 5.75 Å². The molecule has 0 aliphatic rings. The Morgan fingerprint density at radius 1 is 1.46 bits per heavy atom. The molecule has 2 N–H and O–H groups in total. The number of halogens is 3. The van der Waals surface area contributed by atoms with Gasteiger partial charge in [0.25, 0.3) is 5.56 Å². The maximum absolute atomic E-state index is 14.2. The van der Waals surface area contributed by atoms with E-state index in [-0.39, 0.29) is 11.8 Å². The third-order valence-electron chi connectivity index (χ3n) is 3.21. The number of aromatic nitrogens is 3. The number of carbonyl (C=O) groups is 1. The second kappa shape index (κ2) is 8.09. The van der Waals surface area contributed by atoms with Crippen LogP contribution in [-0.2, 0) is 22.0 Å². The summed E-state index contributed by atoms with van der Waals surface area (Å²) >= 11 is 5.83. The van der Waals surface area contributed by atoms with Gasteiger partial charge in [-0.05, 0) is 19.1 Å². The molecule has 2 heterocycles. The molecule has 0 unspecified atom stereocenters. The first-order valence-corrected chi connectivity index (χ1v) is 7.81. The average molecular weight is 389 g/mol. The monoisotopic (exact) mass is 388 g/mol. The zero-order valence-corrected chi connectivity index (χ0v) is 14.3. The number of hydrogen-bond acceptors (Lipinski definition) is 7. The highest BCUT2D eigenvalue weighted by Crippen LogP contribution is 2.32. The minimum Gasteiger partial charge on any atom is -0.506 e. The first-order valence-electron chi connectivity index (χ1n) is 7.43. The van der Waals surface area contributed by atoms with Gasteiger partial charge in [-0.15, -0.1) is 0 Å². The van der Waals surface area contributed by atoms with Gasteiger partial charge in [-0.2, -0.15) is 8.78 Å². The molecule has 0 amide bonds. The highest BCUT2D eigenvalue weighted by molar-refractivity contribution is 6.29. The van der Waals surface area contributed by atoms with Crippen molar-refractivity contribution in [2.24, 2.45) is 0 Å². The van der Waals surface area contributed by atoms with Gasteiger partial charge in [-0.3, -0.25) is 19.1 Å². The topological polar surface area (TPSA) is 106 Å².